The van der Waals surface area contributed by atoms with Crippen molar-refractivity contribution in [3.63, 3.8) is 0 Å². The Hall–Kier alpha value is -4.64. The quantitative estimate of drug-likeness (QED) is 0.144. The van der Waals surface area contributed by atoms with Gasteiger partial charge >= 0.3 is 5.97 Å². The van der Waals surface area contributed by atoms with Crippen molar-refractivity contribution in [1.29, 1.82) is 0 Å². The molecule has 4 aromatic carbocycles. The molecule has 0 saturated heterocycles. The first-order valence-electron chi connectivity index (χ1n) is 15.0. The fraction of sp³-hybridized carbons (Fsp3) is 0.162. The van der Waals surface area contributed by atoms with Crippen LogP contribution in [-0.2, 0) is 16.1 Å². The molecular weight excluding hydrogens is 716 g/mol. The number of esters is 1. The molecule has 0 spiro atoms. The molecule has 1 aliphatic heterocycles. The van der Waals surface area contributed by atoms with Gasteiger partial charge in [0.1, 0.15) is 12.4 Å². The highest BCUT2D eigenvalue weighted by Crippen LogP contribution is 2.38. The second kappa shape index (κ2) is 14.6. The molecule has 1 aromatic heterocycles. The zero-order valence-corrected chi connectivity index (χ0v) is 29.4. The maximum Gasteiger partial charge on any atom is 0.338 e. The molecule has 1 aliphatic rings. The van der Waals surface area contributed by atoms with Crippen molar-refractivity contribution in [1.82, 2.24) is 4.57 Å². The van der Waals surface area contributed by atoms with Gasteiger partial charge in [0, 0.05) is 10.6 Å². The van der Waals surface area contributed by atoms with E-state index in [4.69, 9.17) is 35.5 Å². The number of benzene rings is 4. The number of carbonyl (C=O) groups excluding carboxylic acids is 1. The Labute approximate surface area is 294 Å². The molecular formula is C37H30BrClN2O6S. The Morgan fingerprint density at radius 3 is 2.46 bits per heavy atom. The first kappa shape index (κ1) is 33.3. The molecule has 0 radical (unpaired) electrons. The predicted molar refractivity (Wildman–Crippen MR) is 191 cm³/mol. The molecule has 1 atom stereocenters. The van der Waals surface area contributed by atoms with E-state index in [1.807, 2.05) is 66.7 Å². The van der Waals surface area contributed by atoms with Crippen LogP contribution in [0.5, 0.6) is 17.2 Å². The van der Waals surface area contributed by atoms with Crippen LogP contribution in [0.25, 0.3) is 11.8 Å². The standard InChI is InChI=1S/C37H30BrClN2O6S/c1-4-46-36(43)31-32(24-10-6-5-7-11-24)40-37-41(33(31)25-13-15-27(44-2)16-14-25)35(42)30(48-37)20-23-18-28(38)34(29(19-23)45-3)47-21-22-9-8-12-26(39)17-22/h5-20,33H,4,21H2,1-3H3/b30-20-/t33-/m0/s1. The monoisotopic (exact) mass is 744 g/mol. The molecule has 6 rings (SSSR count). The lowest BCUT2D eigenvalue weighted by molar-refractivity contribution is -0.138. The molecule has 244 valence electrons. The Morgan fingerprint density at radius 2 is 1.77 bits per heavy atom. The molecule has 0 fully saturated rings. The summed E-state index contributed by atoms with van der Waals surface area (Å²) in [5, 5.41) is 0.624. The molecule has 2 heterocycles. The lowest BCUT2D eigenvalue weighted by atomic mass is 9.93. The Bertz CT molecular complexity index is 2200. The zero-order valence-electron chi connectivity index (χ0n) is 26.2. The minimum atomic E-state index is -0.799. The Morgan fingerprint density at radius 1 is 1.00 bits per heavy atom. The van der Waals surface area contributed by atoms with Gasteiger partial charge < -0.3 is 18.9 Å². The summed E-state index contributed by atoms with van der Waals surface area (Å²) in [7, 11) is 3.14. The Kier molecular flexibility index (Phi) is 10.1. The second-order valence-electron chi connectivity index (χ2n) is 10.7. The average Bonchev–Trinajstić information content (AvgIpc) is 3.41. The van der Waals surface area contributed by atoms with Gasteiger partial charge in [-0.3, -0.25) is 9.36 Å². The molecule has 0 N–H and O–H groups in total. The Balaban J connectivity index is 1.49. The summed E-state index contributed by atoms with van der Waals surface area (Å²) in [6.07, 6.45) is 1.78. The van der Waals surface area contributed by atoms with E-state index < -0.39 is 12.0 Å². The fourth-order valence-corrected chi connectivity index (χ4v) is 7.23. The lowest BCUT2D eigenvalue weighted by Gasteiger charge is -2.26. The summed E-state index contributed by atoms with van der Waals surface area (Å²) < 4.78 is 25.3. The first-order chi connectivity index (χ1) is 23.3. The highest BCUT2D eigenvalue weighted by Gasteiger charge is 2.35. The third kappa shape index (κ3) is 6.82. The number of ether oxygens (including phenoxy) is 4. The third-order valence-electron chi connectivity index (χ3n) is 7.63. The number of thiazole rings is 1. The van der Waals surface area contributed by atoms with Crippen LogP contribution in [0.3, 0.4) is 0 Å². The number of hydrogen-bond acceptors (Lipinski definition) is 8. The van der Waals surface area contributed by atoms with Crippen LogP contribution >= 0.6 is 38.9 Å². The van der Waals surface area contributed by atoms with Crippen LogP contribution in [0.2, 0.25) is 5.02 Å². The maximum absolute atomic E-state index is 14.3. The SMILES string of the molecule is CCOC(=O)C1=C(c2ccccc2)N=c2s/c(=C\c3cc(Br)c(OCc4cccc(Cl)c4)c(OC)c3)c(=O)n2[C@H]1c1ccc(OC)cc1. The number of nitrogens with zero attached hydrogens (tertiary/aromatic N) is 2. The fourth-order valence-electron chi connectivity index (χ4n) is 5.44. The molecule has 0 amide bonds. The van der Waals surface area contributed by atoms with Crippen molar-refractivity contribution in [2.45, 2.75) is 19.6 Å². The summed E-state index contributed by atoms with van der Waals surface area (Å²) >= 11 is 11.0. The van der Waals surface area contributed by atoms with Gasteiger partial charge in [-0.1, -0.05) is 77.5 Å². The van der Waals surface area contributed by atoms with E-state index in [0.29, 0.717) is 52.9 Å². The van der Waals surface area contributed by atoms with Gasteiger partial charge in [-0.15, -0.1) is 0 Å². The van der Waals surface area contributed by atoms with Crippen molar-refractivity contribution >= 4 is 56.6 Å². The minimum Gasteiger partial charge on any atom is -0.497 e. The minimum absolute atomic E-state index is 0.166. The highest BCUT2D eigenvalue weighted by molar-refractivity contribution is 9.10. The number of hydrogen-bond donors (Lipinski definition) is 0. The van der Waals surface area contributed by atoms with Gasteiger partial charge in [-0.2, -0.15) is 0 Å². The number of halogens is 2. The first-order valence-corrected chi connectivity index (χ1v) is 17.0. The van der Waals surface area contributed by atoms with Crippen molar-refractivity contribution in [3.05, 3.63) is 148 Å². The van der Waals surface area contributed by atoms with Crippen LogP contribution in [0.1, 0.15) is 35.2 Å². The third-order valence-corrected chi connectivity index (χ3v) is 9.43. The largest absolute Gasteiger partial charge is 0.497 e. The topological polar surface area (TPSA) is 88.4 Å². The van der Waals surface area contributed by atoms with Crippen LogP contribution < -0.4 is 29.1 Å². The number of carbonyl (C=O) groups is 1. The van der Waals surface area contributed by atoms with Gasteiger partial charge in [0.05, 0.1) is 47.1 Å². The van der Waals surface area contributed by atoms with Crippen LogP contribution in [0, 0.1) is 0 Å². The highest BCUT2D eigenvalue weighted by atomic mass is 79.9. The molecule has 0 aliphatic carbocycles. The van der Waals surface area contributed by atoms with E-state index in [0.717, 1.165) is 11.1 Å². The molecule has 8 nitrogen and oxygen atoms in total. The average molecular weight is 746 g/mol. The molecule has 5 aromatic rings. The van der Waals surface area contributed by atoms with Gasteiger partial charge in [0.15, 0.2) is 16.3 Å². The number of rotatable bonds is 10. The van der Waals surface area contributed by atoms with E-state index in [9.17, 15) is 9.59 Å². The number of fused-ring (bicyclic) bond motifs is 1. The lowest BCUT2D eigenvalue weighted by Crippen LogP contribution is -2.40. The van der Waals surface area contributed by atoms with Crippen molar-refractivity contribution in [2.75, 3.05) is 20.8 Å². The maximum atomic E-state index is 14.3. The summed E-state index contributed by atoms with van der Waals surface area (Å²) in [6.45, 7) is 2.20. The van der Waals surface area contributed by atoms with E-state index in [1.54, 1.807) is 56.1 Å². The van der Waals surface area contributed by atoms with E-state index >= 15 is 0 Å². The second-order valence-corrected chi connectivity index (χ2v) is 13.0. The van der Waals surface area contributed by atoms with Crippen molar-refractivity contribution in [2.24, 2.45) is 4.99 Å². The molecule has 0 unspecified atom stereocenters. The number of aromatic nitrogens is 1. The summed E-state index contributed by atoms with van der Waals surface area (Å²) in [5.74, 6) is 1.10. The molecule has 0 saturated carbocycles. The van der Waals surface area contributed by atoms with E-state index in [2.05, 4.69) is 15.9 Å². The van der Waals surface area contributed by atoms with Crippen LogP contribution in [-0.4, -0.2) is 31.4 Å². The molecule has 11 heteroatoms. The van der Waals surface area contributed by atoms with Crippen LogP contribution in [0.4, 0.5) is 0 Å². The molecule has 0 bridgehead atoms. The van der Waals surface area contributed by atoms with Crippen molar-refractivity contribution in [3.8, 4) is 17.2 Å². The van der Waals surface area contributed by atoms with Gasteiger partial charge in [-0.25, -0.2) is 9.79 Å². The summed E-state index contributed by atoms with van der Waals surface area (Å²) in [6, 6.07) is 27.0. The normalized spacial score (nSPS) is 14.3. The predicted octanol–water partition coefficient (Wildman–Crippen LogP) is 6.95. The van der Waals surface area contributed by atoms with E-state index in [1.165, 1.54) is 11.3 Å². The molecule has 48 heavy (non-hydrogen) atoms. The van der Waals surface area contributed by atoms with Gasteiger partial charge in [-0.05, 0) is 82.0 Å². The number of methoxy groups -OCH3 is 2. The van der Waals surface area contributed by atoms with E-state index in [-0.39, 0.29) is 24.3 Å². The van der Waals surface area contributed by atoms with Gasteiger partial charge in [0.25, 0.3) is 5.56 Å². The zero-order chi connectivity index (χ0) is 33.8. The summed E-state index contributed by atoms with van der Waals surface area (Å²) in [4.78, 5) is 33.3. The smallest absolute Gasteiger partial charge is 0.338 e. The summed E-state index contributed by atoms with van der Waals surface area (Å²) in [5.41, 5.74) is 3.48. The van der Waals surface area contributed by atoms with Crippen molar-refractivity contribution < 1.29 is 23.7 Å². The van der Waals surface area contributed by atoms with Crippen LogP contribution in [0.15, 0.2) is 111 Å². The van der Waals surface area contributed by atoms with Gasteiger partial charge in [0.2, 0.25) is 0 Å².